The maximum atomic E-state index is 13.1. The number of benzene rings is 2. The normalized spacial score (nSPS) is 12.5. The van der Waals surface area contributed by atoms with Crippen LogP contribution in [0.1, 0.15) is 51.2 Å². The van der Waals surface area contributed by atoms with Crippen LogP contribution in [0, 0.1) is 0 Å². The Morgan fingerprint density at radius 3 is 2.24 bits per heavy atom. The number of sulfone groups is 1. The molecule has 1 atom stereocenters. The van der Waals surface area contributed by atoms with Crippen molar-refractivity contribution in [3.63, 3.8) is 0 Å². The highest BCUT2D eigenvalue weighted by atomic mass is 32.2. The summed E-state index contributed by atoms with van der Waals surface area (Å²) in [6.07, 6.45) is 2.68. The third-order valence-corrected chi connectivity index (χ3v) is 8.47. The van der Waals surface area contributed by atoms with Gasteiger partial charge in [-0.05, 0) is 54.2 Å². The Kier molecular flexibility index (Phi) is 8.33. The minimum Gasteiger partial charge on any atom is -0.382 e. The Hall–Kier alpha value is -2.91. The highest BCUT2D eigenvalue weighted by Crippen LogP contribution is 2.29. The Balaban J connectivity index is 1.75. The van der Waals surface area contributed by atoms with Crippen molar-refractivity contribution in [3.05, 3.63) is 65.9 Å². The van der Waals surface area contributed by atoms with Gasteiger partial charge in [0, 0.05) is 5.69 Å². The number of nitrogen functional groups attached to an aromatic ring is 1. The van der Waals surface area contributed by atoms with Gasteiger partial charge in [0.25, 0.3) is 0 Å². The van der Waals surface area contributed by atoms with Gasteiger partial charge in [0.1, 0.15) is 10.7 Å². The largest absolute Gasteiger partial charge is 0.382 e. The number of nitrogens with two attached hydrogens (primary N) is 1. The Bertz CT molecular complexity index is 1240. The summed E-state index contributed by atoms with van der Waals surface area (Å²) in [5.41, 5.74) is 8.97. The molecule has 1 aromatic heterocycles. The van der Waals surface area contributed by atoms with Crippen LogP contribution >= 0.6 is 11.8 Å². The molecule has 34 heavy (non-hydrogen) atoms. The van der Waals surface area contributed by atoms with Crippen LogP contribution < -0.4 is 11.1 Å². The second-order valence-corrected chi connectivity index (χ2v) is 11.3. The molecule has 0 spiro atoms. The Morgan fingerprint density at radius 1 is 1.06 bits per heavy atom. The second kappa shape index (κ2) is 11.0. The molecule has 0 bridgehead atoms. The SMILES string of the molecule is CCc1ccc(NC(=O)[C@@H](CC)Sc2ncc(S(=O)(=O)c3ccc(C(C)C)cc3)c(N)n2)cc1. The fourth-order valence-electron chi connectivity index (χ4n) is 3.29. The molecule has 3 N–H and O–H groups in total. The molecule has 1 amide bonds. The third-order valence-electron chi connectivity index (χ3n) is 5.45. The van der Waals surface area contributed by atoms with Crippen LogP contribution in [-0.4, -0.2) is 29.5 Å². The first-order chi connectivity index (χ1) is 16.1. The summed E-state index contributed by atoms with van der Waals surface area (Å²) in [7, 11) is -3.86. The summed E-state index contributed by atoms with van der Waals surface area (Å²) in [4.78, 5) is 21.1. The van der Waals surface area contributed by atoms with E-state index in [2.05, 4.69) is 22.2 Å². The molecule has 2 aromatic carbocycles. The fraction of sp³-hybridized carbons (Fsp3) is 0.320. The minimum absolute atomic E-state index is 0.132. The van der Waals surface area contributed by atoms with Gasteiger partial charge in [0.15, 0.2) is 5.16 Å². The molecule has 0 radical (unpaired) electrons. The number of carbonyl (C=O) groups is 1. The molecule has 180 valence electrons. The minimum atomic E-state index is -3.86. The zero-order chi connectivity index (χ0) is 24.9. The number of anilines is 2. The van der Waals surface area contributed by atoms with E-state index < -0.39 is 15.1 Å². The van der Waals surface area contributed by atoms with Crippen LogP contribution in [0.25, 0.3) is 0 Å². The summed E-state index contributed by atoms with van der Waals surface area (Å²) in [5, 5.41) is 2.69. The number of aromatic nitrogens is 2. The number of aryl methyl sites for hydroxylation is 1. The van der Waals surface area contributed by atoms with Crippen molar-refractivity contribution in [2.75, 3.05) is 11.1 Å². The van der Waals surface area contributed by atoms with Gasteiger partial charge < -0.3 is 11.1 Å². The zero-order valence-corrected chi connectivity index (χ0v) is 21.4. The number of hydrogen-bond donors (Lipinski definition) is 2. The predicted octanol–water partition coefficient (Wildman–Crippen LogP) is 5.09. The van der Waals surface area contributed by atoms with Crippen molar-refractivity contribution < 1.29 is 13.2 Å². The summed E-state index contributed by atoms with van der Waals surface area (Å²) in [6, 6.07) is 14.4. The number of nitrogens with zero attached hydrogens (tertiary/aromatic N) is 2. The lowest BCUT2D eigenvalue weighted by Gasteiger charge is -2.15. The van der Waals surface area contributed by atoms with Crippen LogP contribution in [-0.2, 0) is 21.1 Å². The van der Waals surface area contributed by atoms with Crippen molar-refractivity contribution in [2.45, 2.75) is 66.7 Å². The maximum absolute atomic E-state index is 13.1. The fourth-order valence-corrected chi connectivity index (χ4v) is 5.40. The van der Waals surface area contributed by atoms with Crippen LogP contribution in [0.15, 0.2) is 69.7 Å². The van der Waals surface area contributed by atoms with Gasteiger partial charge in [-0.15, -0.1) is 0 Å². The monoisotopic (exact) mass is 498 g/mol. The highest BCUT2D eigenvalue weighted by molar-refractivity contribution is 8.00. The molecule has 7 nitrogen and oxygen atoms in total. The molecular weight excluding hydrogens is 468 g/mol. The van der Waals surface area contributed by atoms with E-state index >= 15 is 0 Å². The van der Waals surface area contributed by atoms with Gasteiger partial charge in [-0.1, -0.05) is 63.7 Å². The zero-order valence-electron chi connectivity index (χ0n) is 19.8. The number of rotatable bonds is 9. The molecule has 0 saturated heterocycles. The average molecular weight is 499 g/mol. The molecule has 3 rings (SSSR count). The van der Waals surface area contributed by atoms with E-state index in [0.29, 0.717) is 18.0 Å². The van der Waals surface area contributed by atoms with Gasteiger partial charge in [0.2, 0.25) is 15.7 Å². The molecule has 3 aromatic rings. The van der Waals surface area contributed by atoms with Crippen molar-refractivity contribution in [1.29, 1.82) is 0 Å². The average Bonchev–Trinajstić information content (AvgIpc) is 2.82. The smallest absolute Gasteiger partial charge is 0.237 e. The molecule has 0 fully saturated rings. The Morgan fingerprint density at radius 2 is 1.71 bits per heavy atom. The number of hydrogen-bond acceptors (Lipinski definition) is 7. The van der Waals surface area contributed by atoms with Crippen LogP contribution in [0.2, 0.25) is 0 Å². The Labute approximate surface area is 205 Å². The first kappa shape index (κ1) is 25.7. The van der Waals surface area contributed by atoms with Gasteiger partial charge in [-0.25, -0.2) is 18.4 Å². The van der Waals surface area contributed by atoms with Crippen LogP contribution in [0.5, 0.6) is 0 Å². The molecule has 0 aliphatic rings. The lowest BCUT2D eigenvalue weighted by Crippen LogP contribution is -2.25. The van der Waals surface area contributed by atoms with Gasteiger partial charge >= 0.3 is 0 Å². The van der Waals surface area contributed by atoms with Crippen molar-refractivity contribution in [1.82, 2.24) is 9.97 Å². The van der Waals surface area contributed by atoms with E-state index in [1.165, 1.54) is 11.8 Å². The van der Waals surface area contributed by atoms with Crippen molar-refractivity contribution >= 4 is 39.0 Å². The van der Waals surface area contributed by atoms with E-state index in [9.17, 15) is 13.2 Å². The van der Waals surface area contributed by atoms with E-state index in [1.807, 2.05) is 45.0 Å². The topological polar surface area (TPSA) is 115 Å². The number of thioether (sulfide) groups is 1. The number of nitrogens with one attached hydrogen (secondary N) is 1. The lowest BCUT2D eigenvalue weighted by molar-refractivity contribution is -0.115. The second-order valence-electron chi connectivity index (χ2n) is 8.18. The first-order valence-electron chi connectivity index (χ1n) is 11.2. The van der Waals surface area contributed by atoms with E-state index in [4.69, 9.17) is 5.73 Å². The van der Waals surface area contributed by atoms with Crippen LogP contribution in [0.3, 0.4) is 0 Å². The molecule has 0 aliphatic heterocycles. The van der Waals surface area contributed by atoms with Gasteiger partial charge in [-0.3, -0.25) is 4.79 Å². The quantitative estimate of drug-likeness (QED) is 0.312. The van der Waals surface area contributed by atoms with Crippen LogP contribution in [0.4, 0.5) is 11.5 Å². The lowest BCUT2D eigenvalue weighted by atomic mass is 10.0. The standard InChI is InChI=1S/C25H30N4O3S2/c1-5-17-7-11-19(12-8-17)28-24(30)21(6-2)33-25-27-15-22(23(26)29-25)34(31,32)20-13-9-18(10-14-20)16(3)4/h7-16,21H,5-6H2,1-4H3,(H,28,30)(H2,26,27,29)/t21-/m1/s1. The first-order valence-corrected chi connectivity index (χ1v) is 13.6. The van der Waals surface area contributed by atoms with Crippen molar-refractivity contribution in [2.24, 2.45) is 0 Å². The van der Waals surface area contributed by atoms with Gasteiger partial charge in [-0.2, -0.15) is 0 Å². The summed E-state index contributed by atoms with van der Waals surface area (Å²) in [6.45, 7) is 8.04. The molecule has 0 saturated carbocycles. The molecule has 0 aliphatic carbocycles. The summed E-state index contributed by atoms with van der Waals surface area (Å²) >= 11 is 1.15. The van der Waals surface area contributed by atoms with E-state index in [1.54, 1.807) is 24.3 Å². The molecule has 0 unspecified atom stereocenters. The predicted molar refractivity (Wildman–Crippen MR) is 137 cm³/mol. The van der Waals surface area contributed by atoms with Crippen molar-refractivity contribution in [3.8, 4) is 0 Å². The molecule has 9 heteroatoms. The maximum Gasteiger partial charge on any atom is 0.237 e. The van der Waals surface area contributed by atoms with E-state index in [0.717, 1.165) is 23.7 Å². The van der Waals surface area contributed by atoms with Gasteiger partial charge in [0.05, 0.1) is 16.3 Å². The number of carbonyl (C=O) groups excluding carboxylic acids is 1. The van der Waals surface area contributed by atoms with E-state index in [-0.39, 0.29) is 26.7 Å². The third kappa shape index (κ3) is 5.95. The summed E-state index contributed by atoms with van der Waals surface area (Å²) < 4.78 is 26.1. The molecular formula is C25H30N4O3S2. The summed E-state index contributed by atoms with van der Waals surface area (Å²) in [5.74, 6) is -0.0300. The molecule has 1 heterocycles. The number of amides is 1. The highest BCUT2D eigenvalue weighted by Gasteiger charge is 2.25.